The molecule has 0 aromatic carbocycles. The van der Waals surface area contributed by atoms with Crippen molar-refractivity contribution in [3.63, 3.8) is 0 Å². The van der Waals surface area contributed by atoms with Crippen LogP contribution in [0.4, 0.5) is 6.01 Å². The quantitative estimate of drug-likeness (QED) is 0.743. The van der Waals surface area contributed by atoms with Crippen molar-refractivity contribution in [3.8, 4) is 0 Å². The number of nitrogens with zero attached hydrogens (tertiary/aromatic N) is 2. The summed E-state index contributed by atoms with van der Waals surface area (Å²) in [5.74, 6) is 2.20. The Morgan fingerprint density at radius 2 is 2.11 bits per heavy atom. The van der Waals surface area contributed by atoms with Crippen molar-refractivity contribution >= 4 is 6.01 Å². The van der Waals surface area contributed by atoms with E-state index in [-0.39, 0.29) is 0 Å². The lowest BCUT2D eigenvalue weighted by molar-refractivity contribution is 0.267. The van der Waals surface area contributed by atoms with Crippen molar-refractivity contribution in [2.75, 3.05) is 18.4 Å². The molecule has 2 atom stereocenters. The Labute approximate surface area is 115 Å². The fourth-order valence-corrected chi connectivity index (χ4v) is 2.68. The van der Waals surface area contributed by atoms with E-state index in [1.54, 1.807) is 0 Å². The summed E-state index contributed by atoms with van der Waals surface area (Å²) in [6, 6.07) is 0.561. The molecule has 5 heteroatoms. The van der Waals surface area contributed by atoms with E-state index < -0.39 is 0 Å². The van der Waals surface area contributed by atoms with Crippen LogP contribution in [-0.2, 0) is 6.54 Å². The average molecular weight is 266 g/mol. The standard InChI is InChI=1S/C14H26N4O/c1-3-8-15-10-13-17-18-14(19-13)16-9-12-7-5-4-6-11(12)2/h11-12,15H,3-10H2,1-2H3,(H,16,18). The summed E-state index contributed by atoms with van der Waals surface area (Å²) in [6.45, 7) is 7.07. The highest BCUT2D eigenvalue weighted by Crippen LogP contribution is 2.29. The largest absolute Gasteiger partial charge is 0.407 e. The first-order chi connectivity index (χ1) is 9.29. The highest BCUT2D eigenvalue weighted by Gasteiger charge is 2.21. The van der Waals surface area contributed by atoms with E-state index in [9.17, 15) is 0 Å². The third-order valence-corrected chi connectivity index (χ3v) is 3.97. The predicted molar refractivity (Wildman–Crippen MR) is 75.9 cm³/mol. The Balaban J connectivity index is 1.73. The van der Waals surface area contributed by atoms with Gasteiger partial charge in [0.1, 0.15) is 0 Å². The molecular weight excluding hydrogens is 240 g/mol. The SMILES string of the molecule is CCCNCc1nnc(NCC2CCCCC2C)o1. The molecule has 108 valence electrons. The Hall–Kier alpha value is -1.10. The van der Waals surface area contributed by atoms with Gasteiger partial charge in [-0.2, -0.15) is 0 Å². The molecule has 2 rings (SSSR count). The van der Waals surface area contributed by atoms with Gasteiger partial charge in [0.15, 0.2) is 0 Å². The first-order valence-corrected chi connectivity index (χ1v) is 7.56. The number of hydrogen-bond acceptors (Lipinski definition) is 5. The summed E-state index contributed by atoms with van der Waals surface area (Å²) in [7, 11) is 0. The van der Waals surface area contributed by atoms with Gasteiger partial charge in [0.25, 0.3) is 0 Å². The second-order valence-corrected chi connectivity index (χ2v) is 5.58. The second kappa shape index (κ2) is 7.48. The van der Waals surface area contributed by atoms with Crippen LogP contribution in [0.25, 0.3) is 0 Å². The number of rotatable bonds is 7. The average Bonchev–Trinajstić information content (AvgIpc) is 2.86. The molecule has 0 spiro atoms. The van der Waals surface area contributed by atoms with Gasteiger partial charge < -0.3 is 15.1 Å². The van der Waals surface area contributed by atoms with Crippen LogP contribution >= 0.6 is 0 Å². The summed E-state index contributed by atoms with van der Waals surface area (Å²) >= 11 is 0. The highest BCUT2D eigenvalue weighted by atomic mass is 16.4. The molecule has 1 aromatic rings. The summed E-state index contributed by atoms with van der Waals surface area (Å²) < 4.78 is 5.56. The number of hydrogen-bond donors (Lipinski definition) is 2. The Bertz CT molecular complexity index is 366. The minimum Gasteiger partial charge on any atom is -0.407 e. The Kier molecular flexibility index (Phi) is 5.63. The van der Waals surface area contributed by atoms with Crippen LogP contribution in [0.1, 0.15) is 51.8 Å². The first-order valence-electron chi connectivity index (χ1n) is 7.56. The number of aromatic nitrogens is 2. The lowest BCUT2D eigenvalue weighted by atomic mass is 9.80. The zero-order valence-corrected chi connectivity index (χ0v) is 12.1. The number of anilines is 1. The first kappa shape index (κ1) is 14.3. The molecule has 0 amide bonds. The highest BCUT2D eigenvalue weighted by molar-refractivity contribution is 5.17. The maximum Gasteiger partial charge on any atom is 0.315 e. The summed E-state index contributed by atoms with van der Waals surface area (Å²) in [5.41, 5.74) is 0. The van der Waals surface area contributed by atoms with Crippen molar-refractivity contribution in [2.45, 2.75) is 52.5 Å². The molecule has 1 aliphatic rings. The van der Waals surface area contributed by atoms with Crippen LogP contribution in [0.3, 0.4) is 0 Å². The molecule has 0 aliphatic heterocycles. The molecule has 1 aliphatic carbocycles. The zero-order chi connectivity index (χ0) is 13.5. The molecule has 19 heavy (non-hydrogen) atoms. The van der Waals surface area contributed by atoms with E-state index >= 15 is 0 Å². The fraction of sp³-hybridized carbons (Fsp3) is 0.857. The van der Waals surface area contributed by atoms with E-state index in [4.69, 9.17) is 4.42 Å². The van der Waals surface area contributed by atoms with Gasteiger partial charge in [-0.05, 0) is 31.2 Å². The van der Waals surface area contributed by atoms with Crippen molar-refractivity contribution < 1.29 is 4.42 Å². The maximum atomic E-state index is 5.56. The van der Waals surface area contributed by atoms with Gasteiger partial charge in [-0.15, -0.1) is 5.10 Å². The molecule has 1 fully saturated rings. The lowest BCUT2D eigenvalue weighted by Gasteiger charge is -2.28. The molecule has 1 aromatic heterocycles. The Morgan fingerprint density at radius 1 is 1.26 bits per heavy atom. The molecule has 5 nitrogen and oxygen atoms in total. The summed E-state index contributed by atoms with van der Waals surface area (Å²) in [6.07, 6.45) is 6.51. The minimum atomic E-state index is 0.561. The van der Waals surface area contributed by atoms with E-state index in [0.717, 1.165) is 31.3 Å². The smallest absolute Gasteiger partial charge is 0.315 e. The predicted octanol–water partition coefficient (Wildman–Crippen LogP) is 2.81. The monoisotopic (exact) mass is 266 g/mol. The normalized spacial score (nSPS) is 23.5. The van der Waals surface area contributed by atoms with E-state index in [2.05, 4.69) is 34.7 Å². The van der Waals surface area contributed by atoms with Crippen LogP contribution in [0.2, 0.25) is 0 Å². The van der Waals surface area contributed by atoms with Gasteiger partial charge >= 0.3 is 6.01 Å². The van der Waals surface area contributed by atoms with E-state index in [0.29, 0.717) is 18.5 Å². The van der Waals surface area contributed by atoms with Crippen LogP contribution in [0.15, 0.2) is 4.42 Å². The van der Waals surface area contributed by atoms with Gasteiger partial charge in [0, 0.05) is 6.54 Å². The number of nitrogens with one attached hydrogen (secondary N) is 2. The maximum absolute atomic E-state index is 5.56. The van der Waals surface area contributed by atoms with E-state index in [1.165, 1.54) is 25.7 Å². The van der Waals surface area contributed by atoms with E-state index in [1.807, 2.05) is 0 Å². The molecule has 0 bridgehead atoms. The van der Waals surface area contributed by atoms with Gasteiger partial charge in [0.05, 0.1) is 6.54 Å². The van der Waals surface area contributed by atoms with Crippen LogP contribution in [0.5, 0.6) is 0 Å². The van der Waals surface area contributed by atoms with Gasteiger partial charge in [-0.25, -0.2) is 0 Å². The molecule has 1 saturated carbocycles. The summed E-state index contributed by atoms with van der Waals surface area (Å²) in [5, 5.41) is 14.6. The topological polar surface area (TPSA) is 63.0 Å². The second-order valence-electron chi connectivity index (χ2n) is 5.58. The molecule has 0 radical (unpaired) electrons. The lowest BCUT2D eigenvalue weighted by Crippen LogP contribution is -2.24. The fourth-order valence-electron chi connectivity index (χ4n) is 2.68. The van der Waals surface area contributed by atoms with Crippen LogP contribution in [-0.4, -0.2) is 23.3 Å². The minimum absolute atomic E-state index is 0.561. The van der Waals surface area contributed by atoms with Crippen molar-refractivity contribution in [1.82, 2.24) is 15.5 Å². The molecule has 2 unspecified atom stereocenters. The van der Waals surface area contributed by atoms with Crippen molar-refractivity contribution in [1.29, 1.82) is 0 Å². The van der Waals surface area contributed by atoms with Gasteiger partial charge in [0.2, 0.25) is 5.89 Å². The zero-order valence-electron chi connectivity index (χ0n) is 12.1. The van der Waals surface area contributed by atoms with Crippen molar-refractivity contribution in [3.05, 3.63) is 5.89 Å². The van der Waals surface area contributed by atoms with Crippen LogP contribution < -0.4 is 10.6 Å². The molecular formula is C14H26N4O. The molecule has 2 N–H and O–H groups in total. The van der Waals surface area contributed by atoms with Crippen molar-refractivity contribution in [2.24, 2.45) is 11.8 Å². The van der Waals surface area contributed by atoms with Gasteiger partial charge in [-0.3, -0.25) is 0 Å². The Morgan fingerprint density at radius 3 is 2.89 bits per heavy atom. The van der Waals surface area contributed by atoms with Gasteiger partial charge in [-0.1, -0.05) is 38.2 Å². The summed E-state index contributed by atoms with van der Waals surface area (Å²) in [4.78, 5) is 0. The van der Waals surface area contributed by atoms with Crippen LogP contribution in [0, 0.1) is 11.8 Å². The molecule has 1 heterocycles. The molecule has 0 saturated heterocycles. The third-order valence-electron chi connectivity index (χ3n) is 3.97. The third kappa shape index (κ3) is 4.49.